The number of nitrogens with one attached hydrogen (secondary N) is 1. The number of hydrogen-bond acceptors (Lipinski definition) is 3. The van der Waals surface area contributed by atoms with Crippen molar-refractivity contribution in [2.45, 2.75) is 26.5 Å². The normalized spacial score (nSPS) is 12.7. The van der Waals surface area contributed by atoms with E-state index in [2.05, 4.69) is 5.32 Å². The Balaban J connectivity index is 2.61. The Kier molecular flexibility index (Phi) is 5.25. The monoisotopic (exact) mass is 255 g/mol. The van der Waals surface area contributed by atoms with E-state index in [0.29, 0.717) is 6.54 Å². The number of halogens is 1. The van der Waals surface area contributed by atoms with E-state index < -0.39 is 17.9 Å². The van der Waals surface area contributed by atoms with E-state index in [1.54, 1.807) is 0 Å². The fourth-order valence-electron chi connectivity index (χ4n) is 1.43. The number of carbonyl (C=O) groups is 1. The van der Waals surface area contributed by atoms with Crippen molar-refractivity contribution >= 4 is 5.97 Å². The van der Waals surface area contributed by atoms with E-state index in [9.17, 15) is 14.3 Å². The lowest BCUT2D eigenvalue weighted by Gasteiger charge is -2.15. The van der Waals surface area contributed by atoms with E-state index in [-0.39, 0.29) is 23.6 Å². The molecule has 0 aliphatic carbocycles. The summed E-state index contributed by atoms with van der Waals surface area (Å²) in [7, 11) is 0. The zero-order chi connectivity index (χ0) is 13.7. The molecule has 0 bridgehead atoms. The van der Waals surface area contributed by atoms with Crippen molar-refractivity contribution in [1.82, 2.24) is 5.32 Å². The third-order valence-corrected chi connectivity index (χ3v) is 2.73. The van der Waals surface area contributed by atoms with E-state index in [1.165, 1.54) is 12.1 Å². The third kappa shape index (κ3) is 4.09. The van der Waals surface area contributed by atoms with Gasteiger partial charge in [-0.2, -0.15) is 0 Å². The molecule has 1 unspecified atom stereocenters. The van der Waals surface area contributed by atoms with Crippen LogP contribution < -0.4 is 5.32 Å². The molecule has 0 aliphatic heterocycles. The number of benzene rings is 1. The van der Waals surface area contributed by atoms with Crippen molar-refractivity contribution in [3.05, 3.63) is 35.1 Å². The molecule has 18 heavy (non-hydrogen) atoms. The average molecular weight is 255 g/mol. The predicted octanol–water partition coefficient (Wildman–Crippen LogP) is 1.63. The minimum absolute atomic E-state index is 0.0533. The van der Waals surface area contributed by atoms with Crippen molar-refractivity contribution in [2.24, 2.45) is 5.92 Å². The molecule has 3 N–H and O–H groups in total. The zero-order valence-electron chi connectivity index (χ0n) is 10.5. The highest BCUT2D eigenvalue weighted by atomic mass is 19.1. The second kappa shape index (κ2) is 6.47. The summed E-state index contributed by atoms with van der Waals surface area (Å²) in [6.07, 6.45) is -0.504. The summed E-state index contributed by atoms with van der Waals surface area (Å²) >= 11 is 0. The highest BCUT2D eigenvalue weighted by Gasteiger charge is 2.11. The van der Waals surface area contributed by atoms with Crippen molar-refractivity contribution in [1.29, 1.82) is 0 Å². The molecule has 0 fully saturated rings. The number of hydrogen-bond donors (Lipinski definition) is 3. The van der Waals surface area contributed by atoms with Crippen LogP contribution in [0.25, 0.3) is 0 Å². The lowest BCUT2D eigenvalue weighted by atomic mass is 10.1. The van der Waals surface area contributed by atoms with Crippen molar-refractivity contribution in [3.8, 4) is 0 Å². The highest BCUT2D eigenvalue weighted by molar-refractivity contribution is 5.87. The summed E-state index contributed by atoms with van der Waals surface area (Å²) in [5, 5.41) is 21.3. The molecule has 0 saturated carbocycles. The van der Waals surface area contributed by atoms with Gasteiger partial charge >= 0.3 is 5.97 Å². The van der Waals surface area contributed by atoms with Crippen LogP contribution in [0.1, 0.15) is 29.8 Å². The summed E-state index contributed by atoms with van der Waals surface area (Å²) < 4.78 is 13.4. The summed E-state index contributed by atoms with van der Waals surface area (Å²) in [4.78, 5) is 10.8. The molecule has 5 heteroatoms. The number of aromatic carboxylic acids is 1. The van der Waals surface area contributed by atoms with Gasteiger partial charge in [0.1, 0.15) is 5.82 Å². The number of aliphatic hydroxyl groups excluding tert-OH is 1. The van der Waals surface area contributed by atoms with Crippen LogP contribution >= 0.6 is 0 Å². The van der Waals surface area contributed by atoms with Gasteiger partial charge in [-0.3, -0.25) is 0 Å². The van der Waals surface area contributed by atoms with Crippen LogP contribution in [0.3, 0.4) is 0 Å². The topological polar surface area (TPSA) is 69.6 Å². The summed E-state index contributed by atoms with van der Waals surface area (Å²) in [6, 6.07) is 3.66. The number of carboxylic acids is 1. The Bertz CT molecular complexity index is 421. The van der Waals surface area contributed by atoms with Crippen LogP contribution in [0.4, 0.5) is 4.39 Å². The van der Waals surface area contributed by atoms with Gasteiger partial charge in [0.25, 0.3) is 0 Å². The van der Waals surface area contributed by atoms with Gasteiger partial charge in [-0.15, -0.1) is 0 Å². The van der Waals surface area contributed by atoms with Crippen LogP contribution in [0.15, 0.2) is 18.2 Å². The molecule has 4 nitrogen and oxygen atoms in total. The molecule has 1 rings (SSSR count). The molecule has 0 saturated heterocycles. The predicted molar refractivity (Wildman–Crippen MR) is 65.9 cm³/mol. The molecule has 0 heterocycles. The summed E-state index contributed by atoms with van der Waals surface area (Å²) in [5.41, 5.74) is 0.337. The Labute approximate surface area is 105 Å². The maximum Gasteiger partial charge on any atom is 0.335 e. The molecule has 100 valence electrons. The van der Waals surface area contributed by atoms with Crippen LogP contribution in [0.5, 0.6) is 0 Å². The van der Waals surface area contributed by atoms with E-state index in [0.717, 1.165) is 6.07 Å². The lowest BCUT2D eigenvalue weighted by molar-refractivity contribution is 0.0696. The van der Waals surface area contributed by atoms with Gasteiger partial charge in [0.05, 0.1) is 11.7 Å². The molecule has 0 aliphatic rings. The lowest BCUT2D eigenvalue weighted by Crippen LogP contribution is -2.30. The molecule has 0 amide bonds. The maximum absolute atomic E-state index is 13.4. The first-order valence-electron chi connectivity index (χ1n) is 5.82. The Morgan fingerprint density at radius 2 is 2.11 bits per heavy atom. The van der Waals surface area contributed by atoms with Crippen LogP contribution in [0, 0.1) is 11.7 Å². The first-order chi connectivity index (χ1) is 8.41. The highest BCUT2D eigenvalue weighted by Crippen LogP contribution is 2.11. The standard InChI is InChI=1S/C13H18FNO3/c1-8(2)12(16)7-15-6-10-5-9(13(17)18)3-4-11(10)14/h3-5,8,12,15-16H,6-7H2,1-2H3,(H,17,18). The Morgan fingerprint density at radius 1 is 1.44 bits per heavy atom. The van der Waals surface area contributed by atoms with Crippen molar-refractivity contribution < 1.29 is 19.4 Å². The fourth-order valence-corrected chi connectivity index (χ4v) is 1.43. The molecule has 0 radical (unpaired) electrons. The first-order valence-corrected chi connectivity index (χ1v) is 5.82. The van der Waals surface area contributed by atoms with Gasteiger partial charge in [-0.1, -0.05) is 13.8 Å². The Hall–Kier alpha value is -1.46. The number of aliphatic hydroxyl groups is 1. The van der Waals surface area contributed by atoms with Crippen molar-refractivity contribution in [3.63, 3.8) is 0 Å². The average Bonchev–Trinajstić information content (AvgIpc) is 2.30. The summed E-state index contributed by atoms with van der Waals surface area (Å²) in [6.45, 7) is 4.31. The minimum atomic E-state index is -1.08. The molecule has 1 aromatic rings. The largest absolute Gasteiger partial charge is 0.478 e. The maximum atomic E-state index is 13.4. The summed E-state index contributed by atoms with van der Waals surface area (Å²) in [5.74, 6) is -1.42. The first kappa shape index (κ1) is 14.6. The fraction of sp³-hybridized carbons (Fsp3) is 0.462. The SMILES string of the molecule is CC(C)C(O)CNCc1cc(C(=O)O)ccc1F. The smallest absolute Gasteiger partial charge is 0.335 e. The van der Waals surface area contributed by atoms with Crippen molar-refractivity contribution in [2.75, 3.05) is 6.54 Å². The molecular weight excluding hydrogens is 237 g/mol. The molecule has 0 aromatic heterocycles. The van der Waals surface area contributed by atoms with Crippen LogP contribution in [-0.4, -0.2) is 28.8 Å². The van der Waals surface area contributed by atoms with Gasteiger partial charge in [0.15, 0.2) is 0 Å². The minimum Gasteiger partial charge on any atom is -0.478 e. The van der Waals surface area contributed by atoms with Gasteiger partial charge in [0, 0.05) is 18.7 Å². The van der Waals surface area contributed by atoms with Crippen LogP contribution in [-0.2, 0) is 6.54 Å². The quantitative estimate of drug-likeness (QED) is 0.722. The van der Waals surface area contributed by atoms with E-state index in [1.807, 2.05) is 13.8 Å². The molecular formula is C13H18FNO3. The molecule has 1 atom stereocenters. The van der Waals surface area contributed by atoms with Gasteiger partial charge < -0.3 is 15.5 Å². The number of rotatable bonds is 6. The second-order valence-corrected chi connectivity index (χ2v) is 4.55. The number of carboxylic acid groups (broad SMARTS) is 1. The zero-order valence-corrected chi connectivity index (χ0v) is 10.5. The molecule has 0 spiro atoms. The molecule has 1 aromatic carbocycles. The Morgan fingerprint density at radius 3 is 2.67 bits per heavy atom. The second-order valence-electron chi connectivity index (χ2n) is 4.55. The third-order valence-electron chi connectivity index (χ3n) is 2.73. The van der Waals surface area contributed by atoms with Gasteiger partial charge in [0.2, 0.25) is 0 Å². The van der Waals surface area contributed by atoms with Gasteiger partial charge in [-0.05, 0) is 24.1 Å². The van der Waals surface area contributed by atoms with Crippen LogP contribution in [0.2, 0.25) is 0 Å². The van der Waals surface area contributed by atoms with E-state index in [4.69, 9.17) is 5.11 Å². The van der Waals surface area contributed by atoms with E-state index >= 15 is 0 Å². The van der Waals surface area contributed by atoms with Gasteiger partial charge in [-0.25, -0.2) is 9.18 Å².